The predicted octanol–water partition coefficient (Wildman–Crippen LogP) is 3.31. The van der Waals surface area contributed by atoms with E-state index in [1.807, 2.05) is 4.90 Å². The van der Waals surface area contributed by atoms with E-state index in [2.05, 4.69) is 4.90 Å². The smallest absolute Gasteiger partial charge is 0.225 e. The third-order valence-electron chi connectivity index (χ3n) is 4.83. The van der Waals surface area contributed by atoms with E-state index in [9.17, 15) is 9.18 Å². The van der Waals surface area contributed by atoms with Crippen LogP contribution in [0.4, 0.5) is 4.39 Å². The highest BCUT2D eigenvalue weighted by Crippen LogP contribution is 2.27. The molecule has 0 N–H and O–H groups in total. The van der Waals surface area contributed by atoms with Crippen LogP contribution in [0.25, 0.3) is 0 Å². The van der Waals surface area contributed by atoms with E-state index in [-0.39, 0.29) is 11.7 Å². The molecule has 2 fully saturated rings. The summed E-state index contributed by atoms with van der Waals surface area (Å²) < 4.78 is 13.8. The minimum absolute atomic E-state index is 0.243. The summed E-state index contributed by atoms with van der Waals surface area (Å²) in [7, 11) is 0. The predicted molar refractivity (Wildman–Crippen MR) is 85.2 cm³/mol. The van der Waals surface area contributed by atoms with Crippen LogP contribution in [-0.2, 0) is 11.3 Å². The van der Waals surface area contributed by atoms with Crippen molar-refractivity contribution in [1.82, 2.24) is 9.80 Å². The van der Waals surface area contributed by atoms with Gasteiger partial charge in [0.25, 0.3) is 0 Å². The Morgan fingerprint density at radius 3 is 2.50 bits per heavy atom. The molecule has 0 bridgehead atoms. The molecule has 2 aliphatic rings. The topological polar surface area (TPSA) is 23.6 Å². The number of piperazine rings is 1. The number of benzene rings is 1. The average molecular weight is 325 g/mol. The van der Waals surface area contributed by atoms with Gasteiger partial charge in [-0.05, 0) is 25.0 Å². The van der Waals surface area contributed by atoms with Gasteiger partial charge in [-0.1, -0.05) is 30.5 Å². The summed E-state index contributed by atoms with van der Waals surface area (Å²) in [6, 6.07) is 4.79. The Balaban J connectivity index is 1.54. The van der Waals surface area contributed by atoms with Gasteiger partial charge in [0.1, 0.15) is 5.82 Å². The van der Waals surface area contributed by atoms with Crippen molar-refractivity contribution in [3.05, 3.63) is 34.6 Å². The molecule has 1 aliphatic carbocycles. The van der Waals surface area contributed by atoms with E-state index in [0.29, 0.717) is 23.0 Å². The number of rotatable bonds is 3. The van der Waals surface area contributed by atoms with E-state index in [1.165, 1.54) is 18.9 Å². The van der Waals surface area contributed by atoms with Crippen LogP contribution >= 0.6 is 11.6 Å². The average Bonchev–Trinajstić information content (AvgIpc) is 3.05. The van der Waals surface area contributed by atoms with E-state index < -0.39 is 0 Å². The van der Waals surface area contributed by atoms with Crippen molar-refractivity contribution in [1.29, 1.82) is 0 Å². The maximum Gasteiger partial charge on any atom is 0.225 e. The number of hydrogen-bond donors (Lipinski definition) is 0. The lowest BCUT2D eigenvalue weighted by Crippen LogP contribution is -2.49. The van der Waals surface area contributed by atoms with Crippen LogP contribution in [0.2, 0.25) is 5.02 Å². The molecule has 1 heterocycles. The summed E-state index contributed by atoms with van der Waals surface area (Å²) >= 11 is 6.08. The van der Waals surface area contributed by atoms with Crippen LogP contribution in [-0.4, -0.2) is 41.9 Å². The normalized spacial score (nSPS) is 20.5. The molecule has 1 aromatic carbocycles. The number of carbonyl (C=O) groups excluding carboxylic acids is 1. The number of halogens is 2. The molecular formula is C17H22ClFN2O. The number of nitrogens with zero attached hydrogens (tertiary/aromatic N) is 2. The fraction of sp³-hybridized carbons (Fsp3) is 0.588. The van der Waals surface area contributed by atoms with Crippen LogP contribution in [0.1, 0.15) is 31.2 Å². The van der Waals surface area contributed by atoms with Crippen LogP contribution in [0.3, 0.4) is 0 Å². The summed E-state index contributed by atoms with van der Waals surface area (Å²) in [5.74, 6) is 0.311. The Morgan fingerprint density at radius 1 is 1.18 bits per heavy atom. The number of carbonyl (C=O) groups is 1. The zero-order chi connectivity index (χ0) is 15.5. The molecule has 1 aromatic rings. The third kappa shape index (κ3) is 3.44. The second-order valence-corrected chi connectivity index (χ2v) is 6.69. The molecule has 0 spiro atoms. The SMILES string of the molecule is O=C(C1CCCC1)N1CCN(Cc2c(F)cccc2Cl)CC1. The van der Waals surface area contributed by atoms with Crippen molar-refractivity contribution >= 4 is 17.5 Å². The summed E-state index contributed by atoms with van der Waals surface area (Å²) in [5.41, 5.74) is 0.555. The van der Waals surface area contributed by atoms with Crippen molar-refractivity contribution < 1.29 is 9.18 Å². The Morgan fingerprint density at radius 2 is 1.86 bits per heavy atom. The first kappa shape index (κ1) is 15.8. The lowest BCUT2D eigenvalue weighted by atomic mass is 10.1. The van der Waals surface area contributed by atoms with Crippen LogP contribution < -0.4 is 0 Å². The number of hydrogen-bond acceptors (Lipinski definition) is 2. The molecule has 1 saturated carbocycles. The van der Waals surface area contributed by atoms with Crippen LogP contribution in [0.5, 0.6) is 0 Å². The molecular weight excluding hydrogens is 303 g/mol. The van der Waals surface area contributed by atoms with Gasteiger partial charge in [0.15, 0.2) is 0 Å². The highest BCUT2D eigenvalue weighted by Gasteiger charge is 2.29. The maximum atomic E-state index is 13.8. The fourth-order valence-corrected chi connectivity index (χ4v) is 3.69. The van der Waals surface area contributed by atoms with Gasteiger partial charge >= 0.3 is 0 Å². The Labute approximate surface area is 136 Å². The van der Waals surface area contributed by atoms with Gasteiger partial charge in [-0.3, -0.25) is 9.69 Å². The minimum Gasteiger partial charge on any atom is -0.340 e. The fourth-order valence-electron chi connectivity index (χ4n) is 3.46. The highest BCUT2D eigenvalue weighted by molar-refractivity contribution is 6.31. The van der Waals surface area contributed by atoms with Gasteiger partial charge in [-0.25, -0.2) is 4.39 Å². The molecule has 0 atom stereocenters. The summed E-state index contributed by atoms with van der Waals surface area (Å²) in [6.45, 7) is 3.55. The molecule has 0 unspecified atom stereocenters. The van der Waals surface area contributed by atoms with Gasteiger partial charge in [0.05, 0.1) is 0 Å². The summed E-state index contributed by atoms with van der Waals surface area (Å²) in [5, 5.41) is 0.476. The first-order valence-electron chi connectivity index (χ1n) is 8.09. The van der Waals surface area contributed by atoms with Crippen molar-refractivity contribution in [2.45, 2.75) is 32.2 Å². The van der Waals surface area contributed by atoms with Crippen molar-refractivity contribution in [2.75, 3.05) is 26.2 Å². The molecule has 22 heavy (non-hydrogen) atoms. The first-order chi connectivity index (χ1) is 10.6. The molecule has 1 saturated heterocycles. The quantitative estimate of drug-likeness (QED) is 0.851. The van der Waals surface area contributed by atoms with Crippen molar-refractivity contribution in [2.24, 2.45) is 5.92 Å². The second kappa shape index (κ2) is 6.97. The Kier molecular flexibility index (Phi) is 4.99. The van der Waals surface area contributed by atoms with Gasteiger partial charge in [-0.15, -0.1) is 0 Å². The summed E-state index contributed by atoms with van der Waals surface area (Å²) in [4.78, 5) is 16.6. The molecule has 120 valence electrons. The second-order valence-electron chi connectivity index (χ2n) is 6.28. The van der Waals surface area contributed by atoms with Crippen molar-refractivity contribution in [3.8, 4) is 0 Å². The van der Waals surface area contributed by atoms with Crippen molar-refractivity contribution in [3.63, 3.8) is 0 Å². The summed E-state index contributed by atoms with van der Waals surface area (Å²) in [6.07, 6.45) is 4.46. The minimum atomic E-state index is -0.253. The van der Waals surface area contributed by atoms with Crippen LogP contribution in [0.15, 0.2) is 18.2 Å². The molecule has 5 heteroatoms. The Bertz CT molecular complexity index is 517. The Hall–Kier alpha value is -1.13. The van der Waals surface area contributed by atoms with Gasteiger partial charge in [0.2, 0.25) is 5.91 Å². The van der Waals surface area contributed by atoms with E-state index in [4.69, 9.17) is 11.6 Å². The molecule has 0 aromatic heterocycles. The molecule has 1 aliphatic heterocycles. The van der Waals surface area contributed by atoms with Gasteiger partial charge in [-0.2, -0.15) is 0 Å². The monoisotopic (exact) mass is 324 g/mol. The van der Waals surface area contributed by atoms with E-state index >= 15 is 0 Å². The number of amides is 1. The first-order valence-corrected chi connectivity index (χ1v) is 8.47. The third-order valence-corrected chi connectivity index (χ3v) is 5.19. The zero-order valence-electron chi connectivity index (χ0n) is 12.7. The van der Waals surface area contributed by atoms with E-state index in [0.717, 1.165) is 39.0 Å². The lowest BCUT2D eigenvalue weighted by molar-refractivity contribution is -0.137. The maximum absolute atomic E-state index is 13.8. The molecule has 3 nitrogen and oxygen atoms in total. The zero-order valence-corrected chi connectivity index (χ0v) is 13.5. The standard InChI is InChI=1S/C17H22ClFN2O/c18-15-6-3-7-16(19)14(15)12-20-8-10-21(11-9-20)17(22)13-4-1-2-5-13/h3,6-7,13H,1-2,4-5,8-12H2. The lowest BCUT2D eigenvalue weighted by Gasteiger charge is -2.36. The van der Waals surface area contributed by atoms with Gasteiger partial charge in [0, 0.05) is 49.2 Å². The largest absolute Gasteiger partial charge is 0.340 e. The highest BCUT2D eigenvalue weighted by atomic mass is 35.5. The van der Waals surface area contributed by atoms with Crippen LogP contribution in [0, 0.1) is 11.7 Å². The molecule has 1 amide bonds. The molecule has 0 radical (unpaired) electrons. The molecule has 3 rings (SSSR count). The van der Waals surface area contributed by atoms with E-state index in [1.54, 1.807) is 12.1 Å². The van der Waals surface area contributed by atoms with Gasteiger partial charge < -0.3 is 4.90 Å².